The standard InChI is InChI=1S/C19H20ClNO4/c1-12-7-8-17(13(2)9-12)21-19(23)14(3)25-18(22)11-24-16-6-4-5-15(20)10-16/h4-10,14H,11H2,1-3H3,(H,21,23). The molecule has 0 fully saturated rings. The third-order valence-electron chi connectivity index (χ3n) is 3.47. The summed E-state index contributed by atoms with van der Waals surface area (Å²) in [5.41, 5.74) is 2.73. The maximum Gasteiger partial charge on any atom is 0.344 e. The molecular weight excluding hydrogens is 342 g/mol. The lowest BCUT2D eigenvalue weighted by Gasteiger charge is -2.15. The van der Waals surface area contributed by atoms with Gasteiger partial charge in [-0.1, -0.05) is 35.4 Å². The number of ether oxygens (including phenoxy) is 2. The number of carbonyl (C=O) groups is 2. The first-order valence-electron chi connectivity index (χ1n) is 7.81. The maximum absolute atomic E-state index is 12.2. The maximum atomic E-state index is 12.2. The molecule has 6 heteroatoms. The van der Waals surface area contributed by atoms with E-state index in [1.54, 1.807) is 24.3 Å². The molecule has 1 unspecified atom stereocenters. The number of benzene rings is 2. The Morgan fingerprint density at radius 3 is 2.60 bits per heavy atom. The normalized spacial score (nSPS) is 11.5. The largest absolute Gasteiger partial charge is 0.482 e. The zero-order chi connectivity index (χ0) is 18.4. The fourth-order valence-corrected chi connectivity index (χ4v) is 2.35. The van der Waals surface area contributed by atoms with Crippen molar-refractivity contribution in [2.24, 2.45) is 0 Å². The van der Waals surface area contributed by atoms with Crippen LogP contribution in [0.1, 0.15) is 18.1 Å². The molecule has 0 aliphatic heterocycles. The topological polar surface area (TPSA) is 64.6 Å². The fourth-order valence-electron chi connectivity index (χ4n) is 2.17. The van der Waals surface area contributed by atoms with Crippen LogP contribution in [0.3, 0.4) is 0 Å². The molecule has 0 saturated heterocycles. The van der Waals surface area contributed by atoms with Gasteiger partial charge in [0, 0.05) is 10.7 Å². The van der Waals surface area contributed by atoms with Crippen LogP contribution in [0.25, 0.3) is 0 Å². The molecule has 2 aromatic rings. The lowest BCUT2D eigenvalue weighted by molar-refractivity contribution is -0.155. The van der Waals surface area contributed by atoms with Crippen LogP contribution in [-0.2, 0) is 14.3 Å². The van der Waals surface area contributed by atoms with Crippen molar-refractivity contribution in [1.29, 1.82) is 0 Å². The molecule has 2 aromatic carbocycles. The average Bonchev–Trinajstić information content (AvgIpc) is 2.55. The van der Waals surface area contributed by atoms with E-state index in [-0.39, 0.29) is 6.61 Å². The first-order chi connectivity index (χ1) is 11.8. The molecule has 0 aliphatic carbocycles. The summed E-state index contributed by atoms with van der Waals surface area (Å²) in [6, 6.07) is 12.4. The van der Waals surface area contributed by atoms with Gasteiger partial charge in [-0.3, -0.25) is 4.79 Å². The number of hydrogen-bond acceptors (Lipinski definition) is 4. The van der Waals surface area contributed by atoms with E-state index in [1.165, 1.54) is 6.92 Å². The van der Waals surface area contributed by atoms with Crippen molar-refractivity contribution in [3.8, 4) is 5.75 Å². The van der Waals surface area contributed by atoms with Gasteiger partial charge in [-0.05, 0) is 50.6 Å². The van der Waals surface area contributed by atoms with Crippen LogP contribution in [0.2, 0.25) is 5.02 Å². The number of carbonyl (C=O) groups excluding carboxylic acids is 2. The summed E-state index contributed by atoms with van der Waals surface area (Å²) >= 11 is 5.84. The fraction of sp³-hybridized carbons (Fsp3) is 0.263. The molecule has 1 N–H and O–H groups in total. The van der Waals surface area contributed by atoms with Crippen LogP contribution >= 0.6 is 11.6 Å². The zero-order valence-corrected chi connectivity index (χ0v) is 15.1. The summed E-state index contributed by atoms with van der Waals surface area (Å²) < 4.78 is 10.4. The van der Waals surface area contributed by atoms with Gasteiger partial charge in [0.15, 0.2) is 12.7 Å². The van der Waals surface area contributed by atoms with Gasteiger partial charge in [-0.15, -0.1) is 0 Å². The minimum Gasteiger partial charge on any atom is -0.482 e. The Labute approximate surface area is 151 Å². The molecule has 0 heterocycles. The van der Waals surface area contributed by atoms with E-state index in [0.717, 1.165) is 11.1 Å². The lowest BCUT2D eigenvalue weighted by Crippen LogP contribution is -2.31. The Hall–Kier alpha value is -2.53. The Kier molecular flexibility index (Phi) is 6.42. The Morgan fingerprint density at radius 2 is 1.92 bits per heavy atom. The second-order valence-electron chi connectivity index (χ2n) is 5.69. The smallest absolute Gasteiger partial charge is 0.344 e. The highest BCUT2D eigenvalue weighted by Gasteiger charge is 2.19. The molecular formula is C19H20ClNO4. The third kappa shape index (κ3) is 5.80. The molecule has 132 valence electrons. The van der Waals surface area contributed by atoms with Gasteiger partial charge in [-0.2, -0.15) is 0 Å². The Bertz CT molecular complexity index is 776. The van der Waals surface area contributed by atoms with Gasteiger partial charge >= 0.3 is 5.97 Å². The second-order valence-corrected chi connectivity index (χ2v) is 6.12. The molecule has 0 radical (unpaired) electrons. The minimum absolute atomic E-state index is 0.304. The Morgan fingerprint density at radius 1 is 1.16 bits per heavy atom. The molecule has 25 heavy (non-hydrogen) atoms. The summed E-state index contributed by atoms with van der Waals surface area (Å²) in [4.78, 5) is 24.0. The second kappa shape index (κ2) is 8.53. The van der Waals surface area contributed by atoms with E-state index >= 15 is 0 Å². The molecule has 2 rings (SSSR count). The lowest BCUT2D eigenvalue weighted by atomic mass is 10.1. The number of anilines is 1. The van der Waals surface area contributed by atoms with E-state index in [1.807, 2.05) is 32.0 Å². The number of halogens is 1. The summed E-state index contributed by atoms with van der Waals surface area (Å²) in [6.07, 6.45) is -0.934. The van der Waals surface area contributed by atoms with Crippen molar-refractivity contribution >= 4 is 29.2 Å². The van der Waals surface area contributed by atoms with Crippen LogP contribution in [0.4, 0.5) is 5.69 Å². The summed E-state index contributed by atoms with van der Waals surface area (Å²) in [7, 11) is 0. The predicted octanol–water partition coefficient (Wildman–Crippen LogP) is 3.91. The van der Waals surface area contributed by atoms with Gasteiger partial charge in [0.25, 0.3) is 5.91 Å². The Balaban J connectivity index is 1.84. The van der Waals surface area contributed by atoms with E-state index in [2.05, 4.69) is 5.32 Å². The summed E-state index contributed by atoms with van der Waals surface area (Å²) in [6.45, 7) is 5.08. The first-order valence-corrected chi connectivity index (χ1v) is 8.19. The molecule has 0 aromatic heterocycles. The molecule has 1 amide bonds. The van der Waals surface area contributed by atoms with Crippen LogP contribution in [0.5, 0.6) is 5.75 Å². The molecule has 1 atom stereocenters. The first kappa shape index (κ1) is 18.8. The van der Waals surface area contributed by atoms with Crippen molar-refractivity contribution in [3.63, 3.8) is 0 Å². The number of hydrogen-bond donors (Lipinski definition) is 1. The van der Waals surface area contributed by atoms with E-state index < -0.39 is 18.0 Å². The number of amides is 1. The van der Waals surface area contributed by atoms with Crippen molar-refractivity contribution in [2.45, 2.75) is 26.9 Å². The average molecular weight is 362 g/mol. The van der Waals surface area contributed by atoms with Crippen molar-refractivity contribution < 1.29 is 19.1 Å². The van der Waals surface area contributed by atoms with Crippen LogP contribution in [-0.4, -0.2) is 24.6 Å². The van der Waals surface area contributed by atoms with E-state index in [9.17, 15) is 9.59 Å². The van der Waals surface area contributed by atoms with Gasteiger partial charge in [0.2, 0.25) is 0 Å². The van der Waals surface area contributed by atoms with Gasteiger partial charge in [-0.25, -0.2) is 4.79 Å². The third-order valence-corrected chi connectivity index (χ3v) is 3.71. The minimum atomic E-state index is -0.934. The SMILES string of the molecule is Cc1ccc(NC(=O)C(C)OC(=O)COc2cccc(Cl)c2)c(C)c1. The van der Waals surface area contributed by atoms with Crippen molar-refractivity contribution in [2.75, 3.05) is 11.9 Å². The summed E-state index contributed by atoms with van der Waals surface area (Å²) in [5, 5.41) is 3.26. The number of rotatable bonds is 6. The van der Waals surface area contributed by atoms with Crippen LogP contribution in [0, 0.1) is 13.8 Å². The van der Waals surface area contributed by atoms with E-state index in [4.69, 9.17) is 21.1 Å². The summed E-state index contributed by atoms with van der Waals surface area (Å²) in [5.74, 6) is -0.580. The van der Waals surface area contributed by atoms with Gasteiger partial charge in [0.05, 0.1) is 0 Å². The van der Waals surface area contributed by atoms with E-state index in [0.29, 0.717) is 16.5 Å². The van der Waals surface area contributed by atoms with Gasteiger partial charge in [0.1, 0.15) is 5.75 Å². The van der Waals surface area contributed by atoms with Gasteiger partial charge < -0.3 is 14.8 Å². The zero-order valence-electron chi connectivity index (χ0n) is 14.3. The van der Waals surface area contributed by atoms with Crippen molar-refractivity contribution in [1.82, 2.24) is 0 Å². The highest BCUT2D eigenvalue weighted by Crippen LogP contribution is 2.18. The number of nitrogens with one attached hydrogen (secondary N) is 1. The molecule has 0 aliphatic rings. The number of aryl methyl sites for hydroxylation is 2. The molecule has 0 saturated carbocycles. The molecule has 0 spiro atoms. The monoisotopic (exact) mass is 361 g/mol. The van der Waals surface area contributed by atoms with Crippen molar-refractivity contribution in [3.05, 3.63) is 58.6 Å². The molecule has 0 bridgehead atoms. The van der Waals surface area contributed by atoms with Crippen LogP contribution < -0.4 is 10.1 Å². The molecule has 5 nitrogen and oxygen atoms in total. The highest BCUT2D eigenvalue weighted by molar-refractivity contribution is 6.30. The highest BCUT2D eigenvalue weighted by atomic mass is 35.5. The predicted molar refractivity (Wildman–Crippen MR) is 97.0 cm³/mol. The van der Waals surface area contributed by atoms with Crippen LogP contribution in [0.15, 0.2) is 42.5 Å². The quantitative estimate of drug-likeness (QED) is 0.792. The number of esters is 1.